The molecule has 22 heavy (non-hydrogen) atoms. The summed E-state index contributed by atoms with van der Waals surface area (Å²) < 4.78 is 5.24. The van der Waals surface area contributed by atoms with Crippen LogP contribution < -0.4 is 15.0 Å². The van der Waals surface area contributed by atoms with Gasteiger partial charge in [0.2, 0.25) is 5.91 Å². The lowest BCUT2D eigenvalue weighted by atomic mass is 9.85. The number of ether oxygens (including phenoxy) is 1. The highest BCUT2D eigenvalue weighted by atomic mass is 16.5. The highest BCUT2D eigenvalue weighted by Gasteiger charge is 2.43. The molecule has 0 radical (unpaired) electrons. The molecule has 0 aliphatic carbocycles. The van der Waals surface area contributed by atoms with Crippen LogP contribution >= 0.6 is 0 Å². The first-order chi connectivity index (χ1) is 10.4. The topological polar surface area (TPSA) is 44.8 Å². The molecule has 0 bridgehead atoms. The van der Waals surface area contributed by atoms with E-state index in [1.807, 2.05) is 46.3 Å². The minimum atomic E-state index is -0.424. The normalized spacial score (nSPS) is 17.4. The van der Waals surface area contributed by atoms with E-state index in [0.29, 0.717) is 0 Å². The second kappa shape index (κ2) is 6.67. The Labute approximate surface area is 133 Å². The van der Waals surface area contributed by atoms with Gasteiger partial charge in [-0.25, -0.2) is 0 Å². The van der Waals surface area contributed by atoms with Crippen LogP contribution in [0.4, 0.5) is 5.69 Å². The van der Waals surface area contributed by atoms with Crippen LogP contribution in [-0.4, -0.2) is 57.7 Å². The van der Waals surface area contributed by atoms with Crippen LogP contribution in [-0.2, 0) is 4.79 Å². The maximum Gasteiger partial charge on any atom is 0.247 e. The van der Waals surface area contributed by atoms with Gasteiger partial charge in [0, 0.05) is 12.7 Å². The summed E-state index contributed by atoms with van der Waals surface area (Å²) in [5.41, 5.74) is 1.55. The molecule has 1 saturated heterocycles. The first-order valence-corrected chi connectivity index (χ1v) is 7.73. The number of nitrogens with one attached hydrogen (secondary N) is 1. The highest BCUT2D eigenvalue weighted by molar-refractivity contribution is 6.00. The molecule has 1 aliphatic rings. The molecule has 0 atom stereocenters. The fourth-order valence-electron chi connectivity index (χ4n) is 3.25. The molecule has 0 unspecified atom stereocenters. The predicted molar refractivity (Wildman–Crippen MR) is 89.7 cm³/mol. The van der Waals surface area contributed by atoms with Gasteiger partial charge in [0.15, 0.2) is 0 Å². The Kier molecular flexibility index (Phi) is 5.08. The lowest BCUT2D eigenvalue weighted by molar-refractivity contribution is -0.130. The molecule has 2 rings (SSSR count). The number of piperidine rings is 1. The van der Waals surface area contributed by atoms with Gasteiger partial charge in [-0.1, -0.05) is 0 Å². The molecule has 5 nitrogen and oxygen atoms in total. The largest absolute Gasteiger partial charge is 0.497 e. The molecular weight excluding hydrogens is 278 g/mol. The van der Waals surface area contributed by atoms with Crippen molar-refractivity contribution in [3.8, 4) is 5.75 Å². The van der Waals surface area contributed by atoms with E-state index in [0.717, 1.165) is 42.9 Å². The fourth-order valence-corrected chi connectivity index (χ4v) is 3.25. The first-order valence-electron chi connectivity index (χ1n) is 7.73. The molecule has 1 fully saturated rings. The zero-order valence-electron chi connectivity index (χ0n) is 14.3. The molecule has 1 amide bonds. The van der Waals surface area contributed by atoms with Gasteiger partial charge in [-0.05, 0) is 70.7 Å². The van der Waals surface area contributed by atoms with Crippen molar-refractivity contribution in [2.45, 2.75) is 25.3 Å². The quantitative estimate of drug-likeness (QED) is 0.919. The van der Waals surface area contributed by atoms with E-state index in [1.165, 1.54) is 0 Å². The SMILES string of the molecule is COc1ccc(N(C)C(=O)C2(N(C)C)CCNCC2)c(C)c1. The third-order valence-electron chi connectivity index (χ3n) is 4.75. The number of rotatable bonds is 4. The molecule has 1 N–H and O–H groups in total. The van der Waals surface area contributed by atoms with E-state index in [-0.39, 0.29) is 5.91 Å². The van der Waals surface area contributed by atoms with Crippen LogP contribution in [0.5, 0.6) is 5.75 Å². The van der Waals surface area contributed by atoms with Crippen LogP contribution in [0.2, 0.25) is 0 Å². The smallest absolute Gasteiger partial charge is 0.247 e. The predicted octanol–water partition coefficient (Wildman–Crippen LogP) is 1.65. The number of methoxy groups -OCH3 is 1. The van der Waals surface area contributed by atoms with Crippen LogP contribution in [0.3, 0.4) is 0 Å². The van der Waals surface area contributed by atoms with Crippen LogP contribution in [0.25, 0.3) is 0 Å². The van der Waals surface area contributed by atoms with Crippen molar-refractivity contribution < 1.29 is 9.53 Å². The lowest BCUT2D eigenvalue weighted by Gasteiger charge is -2.43. The summed E-state index contributed by atoms with van der Waals surface area (Å²) in [5.74, 6) is 0.971. The van der Waals surface area contributed by atoms with E-state index in [2.05, 4.69) is 10.2 Å². The fraction of sp³-hybridized carbons (Fsp3) is 0.588. The van der Waals surface area contributed by atoms with Gasteiger partial charge in [-0.2, -0.15) is 0 Å². The van der Waals surface area contributed by atoms with Gasteiger partial charge in [0.1, 0.15) is 11.3 Å². The molecule has 5 heteroatoms. The number of aryl methyl sites for hydroxylation is 1. The lowest BCUT2D eigenvalue weighted by Crippen LogP contribution is -2.61. The van der Waals surface area contributed by atoms with Crippen LogP contribution in [0.1, 0.15) is 18.4 Å². The number of amides is 1. The Morgan fingerprint density at radius 2 is 1.86 bits per heavy atom. The number of carbonyl (C=O) groups is 1. The Bertz CT molecular complexity index is 537. The Hall–Kier alpha value is -1.59. The second-order valence-corrected chi connectivity index (χ2v) is 6.19. The van der Waals surface area contributed by atoms with Crippen LogP contribution in [0.15, 0.2) is 18.2 Å². The Morgan fingerprint density at radius 3 is 2.36 bits per heavy atom. The Morgan fingerprint density at radius 1 is 1.23 bits per heavy atom. The summed E-state index contributed by atoms with van der Waals surface area (Å²) >= 11 is 0. The van der Waals surface area contributed by atoms with Crippen molar-refractivity contribution in [1.29, 1.82) is 0 Å². The van der Waals surface area contributed by atoms with Crippen molar-refractivity contribution in [2.24, 2.45) is 0 Å². The van der Waals surface area contributed by atoms with Crippen molar-refractivity contribution >= 4 is 11.6 Å². The summed E-state index contributed by atoms with van der Waals surface area (Å²) in [4.78, 5) is 17.1. The molecular formula is C17H27N3O2. The van der Waals surface area contributed by atoms with E-state index in [1.54, 1.807) is 12.0 Å². The Balaban J connectivity index is 2.30. The number of nitrogens with zero attached hydrogens (tertiary/aromatic N) is 2. The number of benzene rings is 1. The van der Waals surface area contributed by atoms with E-state index in [9.17, 15) is 4.79 Å². The number of likely N-dealkylation sites (N-methyl/N-ethyl adjacent to an activating group) is 2. The van der Waals surface area contributed by atoms with Gasteiger partial charge >= 0.3 is 0 Å². The monoisotopic (exact) mass is 305 g/mol. The van der Waals surface area contributed by atoms with E-state index < -0.39 is 5.54 Å². The van der Waals surface area contributed by atoms with Gasteiger partial charge in [0.05, 0.1) is 7.11 Å². The minimum Gasteiger partial charge on any atom is -0.497 e. The molecule has 0 aromatic heterocycles. The molecule has 122 valence electrons. The summed E-state index contributed by atoms with van der Waals surface area (Å²) in [6.45, 7) is 3.76. The number of carbonyl (C=O) groups excluding carboxylic acids is 1. The standard InChI is InChI=1S/C17H27N3O2/c1-13-12-14(22-5)6-7-15(13)20(4)16(21)17(19(2)3)8-10-18-11-9-17/h6-7,12,18H,8-11H2,1-5H3. The molecule has 1 heterocycles. The summed E-state index contributed by atoms with van der Waals surface area (Å²) in [6.07, 6.45) is 1.66. The first kappa shape index (κ1) is 16.8. The minimum absolute atomic E-state index is 0.160. The van der Waals surface area contributed by atoms with Gasteiger partial charge in [0.25, 0.3) is 0 Å². The van der Waals surface area contributed by atoms with Gasteiger partial charge in [-0.15, -0.1) is 0 Å². The van der Waals surface area contributed by atoms with Crippen LogP contribution in [0, 0.1) is 6.92 Å². The van der Waals surface area contributed by atoms with Gasteiger partial charge in [-0.3, -0.25) is 9.69 Å². The second-order valence-electron chi connectivity index (χ2n) is 6.19. The summed E-state index contributed by atoms with van der Waals surface area (Å²) in [7, 11) is 7.51. The third-order valence-corrected chi connectivity index (χ3v) is 4.75. The maximum atomic E-state index is 13.2. The van der Waals surface area contributed by atoms with Crippen molar-refractivity contribution in [3.05, 3.63) is 23.8 Å². The van der Waals surface area contributed by atoms with Crippen molar-refractivity contribution in [1.82, 2.24) is 10.2 Å². The zero-order chi connectivity index (χ0) is 16.3. The van der Waals surface area contributed by atoms with E-state index >= 15 is 0 Å². The average molecular weight is 305 g/mol. The highest BCUT2D eigenvalue weighted by Crippen LogP contribution is 2.31. The molecule has 1 aromatic rings. The average Bonchev–Trinajstić information content (AvgIpc) is 2.53. The molecule has 1 aliphatic heterocycles. The molecule has 0 spiro atoms. The van der Waals surface area contributed by atoms with Gasteiger partial charge < -0.3 is 15.0 Å². The van der Waals surface area contributed by atoms with Crippen molar-refractivity contribution in [3.63, 3.8) is 0 Å². The molecule has 0 saturated carbocycles. The zero-order valence-corrected chi connectivity index (χ0v) is 14.3. The number of anilines is 1. The maximum absolute atomic E-state index is 13.2. The van der Waals surface area contributed by atoms with Crippen molar-refractivity contribution in [2.75, 3.05) is 46.2 Å². The third kappa shape index (κ3) is 2.96. The number of hydrogen-bond donors (Lipinski definition) is 1. The molecule has 1 aromatic carbocycles. The number of hydrogen-bond acceptors (Lipinski definition) is 4. The summed E-state index contributed by atoms with van der Waals surface area (Å²) in [5, 5.41) is 3.34. The van der Waals surface area contributed by atoms with E-state index in [4.69, 9.17) is 4.74 Å². The summed E-state index contributed by atoms with van der Waals surface area (Å²) in [6, 6.07) is 5.82.